The molecule has 0 spiro atoms. The number of thioether (sulfide) groups is 1. The number of aromatic nitrogens is 2. The van der Waals surface area contributed by atoms with E-state index in [1.54, 1.807) is 47.0 Å². The predicted molar refractivity (Wildman–Crippen MR) is 149 cm³/mol. The molecule has 0 aliphatic carbocycles. The molecule has 12 heteroatoms. The summed E-state index contributed by atoms with van der Waals surface area (Å²) in [5.74, 6) is 3.68. The first-order chi connectivity index (χ1) is 18.3. The van der Waals surface area contributed by atoms with Gasteiger partial charge in [-0.25, -0.2) is 19.6 Å². The fourth-order valence-corrected chi connectivity index (χ4v) is 3.58. The third kappa shape index (κ3) is 15.0. The lowest BCUT2D eigenvalue weighted by Crippen LogP contribution is -2.53. The van der Waals surface area contributed by atoms with Gasteiger partial charge in [-0.15, -0.1) is 0 Å². The number of hydrogen-bond donors (Lipinski definition) is 4. The summed E-state index contributed by atoms with van der Waals surface area (Å²) in [6, 6.07) is -1.98. The van der Waals surface area contributed by atoms with Crippen molar-refractivity contribution in [2.75, 3.05) is 12.8 Å². The molecule has 1 aromatic heterocycles. The highest BCUT2D eigenvalue weighted by Gasteiger charge is 2.28. The molecule has 0 aliphatic heterocycles. The Morgan fingerprint density at radius 1 is 1.08 bits per heavy atom. The summed E-state index contributed by atoms with van der Waals surface area (Å²) in [4.78, 5) is 57.0. The van der Waals surface area contributed by atoms with E-state index in [2.05, 4.69) is 37.8 Å². The Labute approximate surface area is 235 Å². The Bertz CT molecular complexity index is 1010. The second kappa shape index (κ2) is 17.3. The summed E-state index contributed by atoms with van der Waals surface area (Å²) in [5, 5.41) is 18.1. The monoisotopic (exact) mass is 563 g/mol. The maximum atomic E-state index is 12.8. The van der Waals surface area contributed by atoms with Gasteiger partial charge in [-0.2, -0.15) is 0 Å². The number of alkyl carbamates (subject to hydrolysis) is 1. The van der Waals surface area contributed by atoms with E-state index >= 15 is 0 Å². The molecule has 0 radical (unpaired) electrons. The minimum absolute atomic E-state index is 0.180. The maximum Gasteiger partial charge on any atom is 0.407 e. The first kappa shape index (κ1) is 33.7. The first-order valence-electron chi connectivity index (χ1n) is 13.0. The quantitative estimate of drug-likeness (QED) is 0.115. The smallest absolute Gasteiger partial charge is 0.407 e. The summed E-state index contributed by atoms with van der Waals surface area (Å²) in [6.07, 6.45) is 6.97. The minimum atomic E-state index is -1.16. The number of nitrogens with one attached hydrogen (secondary N) is 3. The number of amides is 3. The molecule has 0 unspecified atom stereocenters. The first-order valence-corrected chi connectivity index (χ1v) is 14.2. The Morgan fingerprint density at radius 3 is 2.31 bits per heavy atom. The number of aliphatic carboxylic acids is 1. The van der Waals surface area contributed by atoms with Crippen molar-refractivity contribution < 1.29 is 29.0 Å². The summed E-state index contributed by atoms with van der Waals surface area (Å²) >= 11 is 1.44. The van der Waals surface area contributed by atoms with E-state index < -0.39 is 35.7 Å². The molecule has 216 valence electrons. The van der Waals surface area contributed by atoms with Crippen molar-refractivity contribution in [2.24, 2.45) is 5.92 Å². The average molecular weight is 564 g/mol. The molecule has 0 aromatic carbocycles. The molecular formula is C27H41N5O6S. The van der Waals surface area contributed by atoms with Crippen molar-refractivity contribution in [3.63, 3.8) is 0 Å². The van der Waals surface area contributed by atoms with Gasteiger partial charge in [-0.3, -0.25) is 9.59 Å². The van der Waals surface area contributed by atoms with Crippen molar-refractivity contribution in [1.29, 1.82) is 0 Å². The number of ether oxygens (including phenoxy) is 1. The Balaban J connectivity index is 2.47. The molecule has 11 nitrogen and oxygen atoms in total. The number of nitrogens with zero attached hydrogens (tertiary/aromatic N) is 2. The van der Waals surface area contributed by atoms with Crippen molar-refractivity contribution in [3.05, 3.63) is 18.0 Å². The highest BCUT2D eigenvalue weighted by Crippen LogP contribution is 2.09. The molecule has 0 saturated heterocycles. The fourth-order valence-electron chi connectivity index (χ4n) is 3.27. The zero-order valence-corrected chi connectivity index (χ0v) is 24.4. The zero-order valence-electron chi connectivity index (χ0n) is 23.6. The number of rotatable bonds is 14. The van der Waals surface area contributed by atoms with Gasteiger partial charge in [0.1, 0.15) is 17.7 Å². The number of unbranched alkanes of at least 4 members (excludes halogenated alkanes) is 2. The summed E-state index contributed by atoms with van der Waals surface area (Å²) in [6.45, 7) is 9.16. The highest BCUT2D eigenvalue weighted by molar-refractivity contribution is 7.98. The van der Waals surface area contributed by atoms with Gasteiger partial charge < -0.3 is 25.8 Å². The Hall–Kier alpha value is -3.33. The van der Waals surface area contributed by atoms with E-state index in [-0.39, 0.29) is 24.7 Å². The number of carbonyl (C=O) groups excluding carboxylic acids is 3. The van der Waals surface area contributed by atoms with E-state index in [9.17, 15) is 24.3 Å². The lowest BCUT2D eigenvalue weighted by molar-refractivity contribution is -0.142. The van der Waals surface area contributed by atoms with E-state index in [1.807, 2.05) is 6.26 Å². The van der Waals surface area contributed by atoms with Crippen LogP contribution < -0.4 is 16.0 Å². The molecule has 1 heterocycles. The molecule has 1 rings (SSSR count). The van der Waals surface area contributed by atoms with Crippen molar-refractivity contribution in [2.45, 2.75) is 96.0 Å². The molecule has 0 saturated carbocycles. The number of carbonyl (C=O) groups is 4. The van der Waals surface area contributed by atoms with Crippen LogP contribution >= 0.6 is 11.8 Å². The van der Waals surface area contributed by atoms with Gasteiger partial charge in [0.15, 0.2) is 5.16 Å². The summed E-state index contributed by atoms with van der Waals surface area (Å²) < 4.78 is 5.15. The second-order valence-corrected chi connectivity index (χ2v) is 11.0. The fraction of sp³-hybridized carbons (Fsp3) is 0.630. The van der Waals surface area contributed by atoms with Crippen LogP contribution in [0.15, 0.2) is 17.6 Å². The molecule has 3 amide bonds. The van der Waals surface area contributed by atoms with Crippen molar-refractivity contribution in [1.82, 2.24) is 25.9 Å². The van der Waals surface area contributed by atoms with E-state index in [0.29, 0.717) is 42.9 Å². The van der Waals surface area contributed by atoms with Crippen LogP contribution in [0, 0.1) is 17.8 Å². The standard InChI is InChI=1S/C27H41N5O6S/c1-18(2)22(32-21(33)14-9-7-8-12-19-16-29-25(39-6)30-17-19)23(34)31-20(24(35)36)13-10-11-15-28-26(37)38-27(3,4)5/h16-18,20,22H,7,9-11,13-15H2,1-6H3,(H,28,37)(H,31,34)(H,32,33)(H,35,36)/t20-,22-/m0/s1. The van der Waals surface area contributed by atoms with Crippen LogP contribution in [0.5, 0.6) is 0 Å². The van der Waals surface area contributed by atoms with Gasteiger partial charge in [-0.1, -0.05) is 37.5 Å². The molecule has 4 N–H and O–H groups in total. The lowest BCUT2D eigenvalue weighted by atomic mass is 10.0. The molecule has 2 atom stereocenters. The van der Waals surface area contributed by atoms with Crippen LogP contribution in [0.2, 0.25) is 0 Å². The number of hydrogen-bond acceptors (Lipinski definition) is 8. The predicted octanol–water partition coefficient (Wildman–Crippen LogP) is 3.13. The number of carboxylic acid groups (broad SMARTS) is 1. The van der Waals surface area contributed by atoms with Crippen LogP contribution in [-0.4, -0.2) is 69.4 Å². The molecule has 1 aromatic rings. The SMILES string of the molecule is CSc1ncc(C#CCCCC(=O)N[C@H](C(=O)N[C@@H](CCCCNC(=O)OC(C)(C)C)C(=O)O)C(C)C)cn1. The van der Waals surface area contributed by atoms with Crippen LogP contribution in [0.25, 0.3) is 0 Å². The van der Waals surface area contributed by atoms with Crippen molar-refractivity contribution >= 4 is 35.6 Å². The molecule has 0 bridgehead atoms. The molecule has 0 fully saturated rings. The number of carboxylic acids is 1. The largest absolute Gasteiger partial charge is 0.480 e. The third-order valence-corrected chi connectivity index (χ3v) is 5.79. The van der Waals surface area contributed by atoms with Gasteiger partial charge in [0.05, 0.1) is 5.56 Å². The minimum Gasteiger partial charge on any atom is -0.480 e. The Kier molecular flexibility index (Phi) is 14.9. The van der Waals surface area contributed by atoms with Crippen LogP contribution in [0.1, 0.15) is 78.7 Å². The van der Waals surface area contributed by atoms with Crippen molar-refractivity contribution in [3.8, 4) is 11.8 Å². The third-order valence-electron chi connectivity index (χ3n) is 5.22. The van der Waals surface area contributed by atoms with Gasteiger partial charge >= 0.3 is 12.1 Å². The van der Waals surface area contributed by atoms with E-state index in [0.717, 1.165) is 0 Å². The van der Waals surface area contributed by atoms with Gasteiger partial charge in [0, 0.05) is 31.8 Å². The van der Waals surface area contributed by atoms with Gasteiger partial charge in [0.25, 0.3) is 0 Å². The van der Waals surface area contributed by atoms with Crippen LogP contribution in [0.3, 0.4) is 0 Å². The van der Waals surface area contributed by atoms with E-state index in [1.165, 1.54) is 11.8 Å². The van der Waals surface area contributed by atoms with Gasteiger partial charge in [0.2, 0.25) is 11.8 Å². The Morgan fingerprint density at radius 2 is 1.74 bits per heavy atom. The molecular weight excluding hydrogens is 522 g/mol. The van der Waals surface area contributed by atoms with Crippen LogP contribution in [-0.2, 0) is 19.1 Å². The average Bonchev–Trinajstić information content (AvgIpc) is 2.85. The van der Waals surface area contributed by atoms with Gasteiger partial charge in [-0.05, 0) is 58.6 Å². The molecule has 39 heavy (non-hydrogen) atoms. The normalized spacial score (nSPS) is 12.5. The molecule has 0 aliphatic rings. The maximum absolute atomic E-state index is 12.8. The topological polar surface area (TPSA) is 160 Å². The summed E-state index contributed by atoms with van der Waals surface area (Å²) in [7, 11) is 0. The zero-order chi connectivity index (χ0) is 29.4. The highest BCUT2D eigenvalue weighted by atomic mass is 32.2. The lowest BCUT2D eigenvalue weighted by Gasteiger charge is -2.24. The summed E-state index contributed by atoms with van der Waals surface area (Å²) in [5.41, 5.74) is 0.0941. The van der Waals surface area contributed by atoms with E-state index in [4.69, 9.17) is 4.74 Å². The van der Waals surface area contributed by atoms with Crippen LogP contribution in [0.4, 0.5) is 4.79 Å². The second-order valence-electron chi connectivity index (χ2n) is 10.2.